The normalized spacial score (nSPS) is 16.0. The van der Waals surface area contributed by atoms with Gasteiger partial charge in [-0.1, -0.05) is 6.92 Å². The number of aromatic carboxylic acids is 1. The molecule has 1 aromatic heterocycles. The van der Waals surface area contributed by atoms with Crippen molar-refractivity contribution in [3.05, 3.63) is 41.5 Å². The standard InChI is InChI=1S/C17H19N3O4/c1-4-13-12-6-15(24-3)14(23-2)5-10(12)9-20(13)11-7-18-16(17(21)22)19-8-11/h5-8,13H,4,9H2,1-3H3,(H,21,22). The summed E-state index contributed by atoms with van der Waals surface area (Å²) in [6.45, 7) is 2.79. The highest BCUT2D eigenvalue weighted by Gasteiger charge is 2.31. The van der Waals surface area contributed by atoms with Gasteiger partial charge in [-0.05, 0) is 29.7 Å². The SMILES string of the molecule is CCC1c2cc(OC)c(OC)cc2CN1c1cnc(C(=O)O)nc1. The highest BCUT2D eigenvalue weighted by molar-refractivity contribution is 5.83. The van der Waals surface area contributed by atoms with Crippen LogP contribution in [0, 0.1) is 0 Å². The molecule has 24 heavy (non-hydrogen) atoms. The zero-order valence-electron chi connectivity index (χ0n) is 13.8. The minimum Gasteiger partial charge on any atom is -0.493 e. The van der Waals surface area contributed by atoms with E-state index in [1.54, 1.807) is 26.6 Å². The molecule has 0 saturated carbocycles. The number of carboxylic acid groups (broad SMARTS) is 1. The minimum atomic E-state index is -1.13. The number of anilines is 1. The molecule has 2 heterocycles. The monoisotopic (exact) mass is 329 g/mol. The second-order valence-electron chi connectivity index (χ2n) is 5.53. The summed E-state index contributed by atoms with van der Waals surface area (Å²) >= 11 is 0. The van der Waals surface area contributed by atoms with E-state index < -0.39 is 5.97 Å². The van der Waals surface area contributed by atoms with Crippen LogP contribution in [-0.4, -0.2) is 35.3 Å². The lowest BCUT2D eigenvalue weighted by atomic mass is 10.0. The quantitative estimate of drug-likeness (QED) is 0.902. The van der Waals surface area contributed by atoms with Crippen molar-refractivity contribution in [2.24, 2.45) is 0 Å². The van der Waals surface area contributed by atoms with Crippen molar-refractivity contribution in [3.8, 4) is 11.5 Å². The molecule has 1 unspecified atom stereocenters. The van der Waals surface area contributed by atoms with Crippen molar-refractivity contribution >= 4 is 11.7 Å². The molecule has 7 nitrogen and oxygen atoms in total. The molecule has 0 fully saturated rings. The van der Waals surface area contributed by atoms with Crippen molar-refractivity contribution in [2.75, 3.05) is 19.1 Å². The third kappa shape index (κ3) is 2.62. The van der Waals surface area contributed by atoms with E-state index in [1.807, 2.05) is 12.1 Å². The first kappa shape index (κ1) is 16.0. The van der Waals surface area contributed by atoms with Crippen molar-refractivity contribution in [1.29, 1.82) is 0 Å². The van der Waals surface area contributed by atoms with Gasteiger partial charge >= 0.3 is 5.97 Å². The number of ether oxygens (including phenoxy) is 2. The van der Waals surface area contributed by atoms with Gasteiger partial charge in [-0.3, -0.25) is 0 Å². The zero-order chi connectivity index (χ0) is 17.3. The second-order valence-corrected chi connectivity index (χ2v) is 5.53. The smallest absolute Gasteiger partial charge is 0.373 e. The number of hydrogen-bond acceptors (Lipinski definition) is 6. The summed E-state index contributed by atoms with van der Waals surface area (Å²) in [5.74, 6) is 0.0686. The number of hydrogen-bond donors (Lipinski definition) is 1. The Balaban J connectivity index is 1.97. The van der Waals surface area contributed by atoms with Gasteiger partial charge in [0.15, 0.2) is 11.5 Å². The predicted molar refractivity (Wildman–Crippen MR) is 87.8 cm³/mol. The number of benzene rings is 1. The van der Waals surface area contributed by atoms with Crippen molar-refractivity contribution in [2.45, 2.75) is 25.9 Å². The maximum absolute atomic E-state index is 10.9. The van der Waals surface area contributed by atoms with Crippen LogP contribution in [0.5, 0.6) is 11.5 Å². The predicted octanol–water partition coefficient (Wildman–Crippen LogP) is 2.66. The summed E-state index contributed by atoms with van der Waals surface area (Å²) in [5, 5.41) is 8.93. The maximum atomic E-state index is 10.9. The Morgan fingerprint density at radius 3 is 2.42 bits per heavy atom. The van der Waals surface area contributed by atoms with Gasteiger partial charge in [-0.25, -0.2) is 14.8 Å². The van der Waals surface area contributed by atoms with Crippen molar-refractivity contribution in [3.63, 3.8) is 0 Å². The maximum Gasteiger partial charge on any atom is 0.373 e. The summed E-state index contributed by atoms with van der Waals surface area (Å²) in [7, 11) is 3.24. The summed E-state index contributed by atoms with van der Waals surface area (Å²) in [5.41, 5.74) is 3.13. The van der Waals surface area contributed by atoms with Crippen LogP contribution in [0.2, 0.25) is 0 Å². The van der Waals surface area contributed by atoms with Gasteiger partial charge in [0.1, 0.15) is 0 Å². The van der Waals surface area contributed by atoms with Crippen LogP contribution < -0.4 is 14.4 Å². The molecule has 0 amide bonds. The first-order valence-electron chi connectivity index (χ1n) is 7.65. The van der Waals surface area contributed by atoms with Gasteiger partial charge in [0.05, 0.1) is 38.3 Å². The highest BCUT2D eigenvalue weighted by atomic mass is 16.5. The van der Waals surface area contributed by atoms with E-state index in [0.717, 1.165) is 17.7 Å². The average Bonchev–Trinajstić information content (AvgIpc) is 2.97. The lowest BCUT2D eigenvalue weighted by Crippen LogP contribution is -2.21. The highest BCUT2D eigenvalue weighted by Crippen LogP contribution is 2.43. The number of methoxy groups -OCH3 is 2. The Bertz CT molecular complexity index is 761. The van der Waals surface area contributed by atoms with E-state index >= 15 is 0 Å². The van der Waals surface area contributed by atoms with Crippen LogP contribution >= 0.6 is 0 Å². The van der Waals surface area contributed by atoms with Gasteiger partial charge in [0, 0.05) is 6.54 Å². The molecule has 0 spiro atoms. The lowest BCUT2D eigenvalue weighted by molar-refractivity contribution is 0.0683. The fraction of sp³-hybridized carbons (Fsp3) is 0.353. The van der Waals surface area contributed by atoms with Crippen LogP contribution in [0.25, 0.3) is 0 Å². The van der Waals surface area contributed by atoms with Crippen LogP contribution in [0.1, 0.15) is 41.1 Å². The molecule has 0 saturated heterocycles. The molecule has 0 radical (unpaired) electrons. The molecule has 1 N–H and O–H groups in total. The summed E-state index contributed by atoms with van der Waals surface area (Å²) in [6.07, 6.45) is 4.00. The Morgan fingerprint density at radius 2 is 1.88 bits per heavy atom. The molecule has 1 aliphatic heterocycles. The Kier molecular flexibility index (Phi) is 4.24. The number of fused-ring (bicyclic) bond motifs is 1. The van der Waals surface area contributed by atoms with E-state index in [-0.39, 0.29) is 11.9 Å². The van der Waals surface area contributed by atoms with E-state index in [1.165, 1.54) is 5.56 Å². The molecule has 0 aliphatic carbocycles. The van der Waals surface area contributed by atoms with E-state index in [4.69, 9.17) is 14.6 Å². The van der Waals surface area contributed by atoms with Gasteiger partial charge in [0.2, 0.25) is 5.82 Å². The van der Waals surface area contributed by atoms with Gasteiger partial charge < -0.3 is 19.5 Å². The van der Waals surface area contributed by atoms with Crippen LogP contribution in [0.4, 0.5) is 5.69 Å². The van der Waals surface area contributed by atoms with Crippen LogP contribution in [0.3, 0.4) is 0 Å². The van der Waals surface area contributed by atoms with Crippen LogP contribution in [-0.2, 0) is 6.54 Å². The number of aromatic nitrogens is 2. The van der Waals surface area contributed by atoms with Crippen LogP contribution in [0.15, 0.2) is 24.5 Å². The summed E-state index contributed by atoms with van der Waals surface area (Å²) < 4.78 is 10.8. The average molecular weight is 329 g/mol. The van der Waals surface area contributed by atoms with E-state index in [0.29, 0.717) is 18.0 Å². The van der Waals surface area contributed by atoms with Crippen molar-refractivity contribution in [1.82, 2.24) is 9.97 Å². The van der Waals surface area contributed by atoms with Crippen molar-refractivity contribution < 1.29 is 19.4 Å². The lowest BCUT2D eigenvalue weighted by Gasteiger charge is -2.25. The minimum absolute atomic E-state index is 0.152. The molecule has 1 aromatic carbocycles. The molecule has 126 valence electrons. The molecule has 1 aliphatic rings. The van der Waals surface area contributed by atoms with Gasteiger partial charge in [-0.2, -0.15) is 0 Å². The second kappa shape index (κ2) is 6.35. The number of rotatable bonds is 5. The molecule has 1 atom stereocenters. The summed E-state index contributed by atoms with van der Waals surface area (Å²) in [4.78, 5) is 20.9. The number of nitrogens with zero attached hydrogens (tertiary/aromatic N) is 3. The fourth-order valence-corrected chi connectivity index (χ4v) is 3.14. The fourth-order valence-electron chi connectivity index (χ4n) is 3.14. The largest absolute Gasteiger partial charge is 0.493 e. The van der Waals surface area contributed by atoms with E-state index in [2.05, 4.69) is 21.8 Å². The van der Waals surface area contributed by atoms with Gasteiger partial charge in [0.25, 0.3) is 0 Å². The Hall–Kier alpha value is -2.83. The molecule has 2 aromatic rings. The third-order valence-corrected chi connectivity index (χ3v) is 4.27. The van der Waals surface area contributed by atoms with E-state index in [9.17, 15) is 4.79 Å². The number of carboxylic acids is 1. The van der Waals surface area contributed by atoms with Gasteiger partial charge in [-0.15, -0.1) is 0 Å². The zero-order valence-corrected chi connectivity index (χ0v) is 13.8. The first-order valence-corrected chi connectivity index (χ1v) is 7.65. The molecular formula is C17H19N3O4. The third-order valence-electron chi connectivity index (χ3n) is 4.27. The topological polar surface area (TPSA) is 84.8 Å². The molecule has 0 bridgehead atoms. The molecular weight excluding hydrogens is 310 g/mol. The first-order chi connectivity index (χ1) is 11.6. The Labute approximate surface area is 139 Å². The number of carbonyl (C=O) groups is 1. The molecule has 7 heteroatoms. The molecule has 3 rings (SSSR count). The Morgan fingerprint density at radius 1 is 1.25 bits per heavy atom. The summed E-state index contributed by atoms with van der Waals surface area (Å²) in [6, 6.07) is 4.15.